The number of anilines is 1. The summed E-state index contributed by atoms with van der Waals surface area (Å²) < 4.78 is 2.03. The van der Waals surface area contributed by atoms with Crippen LogP contribution >= 0.6 is 35.4 Å². The number of rotatable bonds is 7. The molecule has 182 valence electrons. The molecule has 0 spiro atoms. The van der Waals surface area contributed by atoms with Crippen molar-refractivity contribution in [1.29, 1.82) is 0 Å². The summed E-state index contributed by atoms with van der Waals surface area (Å²) >= 11 is 18.5. The molecule has 2 N–H and O–H groups in total. The molecular formula is C27H23Cl2N5OS. The average molecular weight is 536 g/mol. The first-order valence-corrected chi connectivity index (χ1v) is 12.6. The molecule has 6 nitrogen and oxygen atoms in total. The number of nitrogens with one attached hydrogen (secondary N) is 2. The second kappa shape index (κ2) is 10.7. The number of hydrogen-bond acceptors (Lipinski definition) is 3. The summed E-state index contributed by atoms with van der Waals surface area (Å²) in [6.45, 7) is 0.429. The quantitative estimate of drug-likeness (QED) is 0.276. The number of aromatic nitrogens is 2. The normalized spacial score (nSPS) is 17.2. The van der Waals surface area contributed by atoms with Gasteiger partial charge in [-0.1, -0.05) is 47.5 Å². The van der Waals surface area contributed by atoms with E-state index in [1.54, 1.807) is 12.3 Å². The Hall–Kier alpha value is -3.39. The molecule has 5 rings (SSSR count). The topological polar surface area (TPSA) is 62.2 Å². The van der Waals surface area contributed by atoms with Crippen molar-refractivity contribution < 1.29 is 4.79 Å². The third-order valence-corrected chi connectivity index (χ3v) is 6.98. The molecule has 1 fully saturated rings. The molecule has 2 aromatic carbocycles. The van der Waals surface area contributed by atoms with E-state index in [4.69, 9.17) is 35.4 Å². The monoisotopic (exact) mass is 535 g/mol. The molecular weight excluding hydrogens is 513 g/mol. The molecule has 36 heavy (non-hydrogen) atoms. The first-order chi connectivity index (χ1) is 17.5. The largest absolute Gasteiger partial charge is 0.352 e. The zero-order valence-corrected chi connectivity index (χ0v) is 21.5. The summed E-state index contributed by atoms with van der Waals surface area (Å²) in [5.41, 5.74) is 3.39. The van der Waals surface area contributed by atoms with Crippen LogP contribution in [0.1, 0.15) is 29.9 Å². The van der Waals surface area contributed by atoms with Gasteiger partial charge in [-0.15, -0.1) is 0 Å². The minimum Gasteiger partial charge on any atom is -0.352 e. The third-order valence-electron chi connectivity index (χ3n) is 6.09. The second-order valence-corrected chi connectivity index (χ2v) is 9.61. The highest BCUT2D eigenvalue weighted by molar-refractivity contribution is 7.80. The Kier molecular flexibility index (Phi) is 7.23. The van der Waals surface area contributed by atoms with E-state index < -0.39 is 0 Å². The van der Waals surface area contributed by atoms with Gasteiger partial charge in [0.15, 0.2) is 5.11 Å². The Morgan fingerprint density at radius 2 is 1.83 bits per heavy atom. The van der Waals surface area contributed by atoms with Gasteiger partial charge in [-0.05, 0) is 66.8 Å². The number of nitrogens with zero attached hydrogens (tertiary/aromatic N) is 3. The molecule has 0 saturated carbocycles. The zero-order chi connectivity index (χ0) is 25.1. The van der Waals surface area contributed by atoms with Crippen molar-refractivity contribution in [3.05, 3.63) is 113 Å². The maximum Gasteiger partial charge on any atom is 0.226 e. The first-order valence-electron chi connectivity index (χ1n) is 11.5. The van der Waals surface area contributed by atoms with Gasteiger partial charge in [0.05, 0.1) is 28.5 Å². The Morgan fingerprint density at radius 3 is 2.58 bits per heavy atom. The van der Waals surface area contributed by atoms with Crippen molar-refractivity contribution in [3.63, 3.8) is 0 Å². The van der Waals surface area contributed by atoms with E-state index in [0.717, 1.165) is 22.8 Å². The highest BCUT2D eigenvalue weighted by Gasteiger charge is 2.41. The molecule has 0 radical (unpaired) electrons. The zero-order valence-electron chi connectivity index (χ0n) is 19.1. The van der Waals surface area contributed by atoms with E-state index in [2.05, 4.69) is 20.5 Å². The molecule has 1 amide bonds. The highest BCUT2D eigenvalue weighted by atomic mass is 35.5. The number of amides is 1. The predicted octanol–water partition coefficient (Wildman–Crippen LogP) is 6.18. The van der Waals surface area contributed by atoms with Crippen molar-refractivity contribution in [3.8, 4) is 5.69 Å². The van der Waals surface area contributed by atoms with E-state index in [0.29, 0.717) is 21.7 Å². The van der Waals surface area contributed by atoms with Gasteiger partial charge in [0, 0.05) is 41.8 Å². The number of halogens is 2. The molecule has 0 aliphatic carbocycles. The maximum atomic E-state index is 12.7. The minimum atomic E-state index is -0.223. The lowest BCUT2D eigenvalue weighted by Crippen LogP contribution is -2.33. The number of carbonyl (C=O) groups excluding carboxylic acids is 1. The van der Waals surface area contributed by atoms with Crippen LogP contribution in [-0.4, -0.2) is 32.0 Å². The second-order valence-electron chi connectivity index (χ2n) is 8.38. The fourth-order valence-corrected chi connectivity index (χ4v) is 5.30. The van der Waals surface area contributed by atoms with Crippen molar-refractivity contribution >= 4 is 52.1 Å². The molecule has 0 bridgehead atoms. The molecule has 4 aromatic rings. The van der Waals surface area contributed by atoms with Gasteiger partial charge in [0.1, 0.15) is 0 Å². The van der Waals surface area contributed by atoms with Crippen molar-refractivity contribution in [2.75, 3.05) is 11.9 Å². The lowest BCUT2D eigenvalue weighted by Gasteiger charge is -2.29. The molecule has 2 unspecified atom stereocenters. The Bertz CT molecular complexity index is 1380. The van der Waals surface area contributed by atoms with Crippen LogP contribution in [0.4, 0.5) is 5.69 Å². The Morgan fingerprint density at radius 1 is 1.03 bits per heavy atom. The maximum absolute atomic E-state index is 12.7. The van der Waals surface area contributed by atoms with Crippen LogP contribution in [0, 0.1) is 0 Å². The van der Waals surface area contributed by atoms with E-state index in [1.165, 1.54) is 0 Å². The van der Waals surface area contributed by atoms with E-state index in [9.17, 15) is 4.79 Å². The van der Waals surface area contributed by atoms with Gasteiger partial charge in [-0.3, -0.25) is 9.78 Å². The molecule has 3 heterocycles. The average Bonchev–Trinajstić information content (AvgIpc) is 3.48. The molecule has 1 aliphatic heterocycles. The van der Waals surface area contributed by atoms with Gasteiger partial charge in [-0.25, -0.2) is 0 Å². The molecule has 1 aliphatic rings. The summed E-state index contributed by atoms with van der Waals surface area (Å²) in [4.78, 5) is 19.4. The standard InChI is InChI=1S/C27H23Cl2N5OS/c28-18-11-12-22(20(29)17-18)33-15-6-10-23(33)26-25(21-9-4-5-14-30-21)32-27(36)34(26)16-13-24(35)31-19-7-2-1-3-8-19/h1-12,14-15,17,25-26H,13,16H2,(H,31,35)(H,32,36). The van der Waals surface area contributed by atoms with E-state index in [1.807, 2.05) is 83.6 Å². The van der Waals surface area contributed by atoms with Crippen LogP contribution in [0.25, 0.3) is 5.69 Å². The minimum absolute atomic E-state index is 0.0832. The fourth-order valence-electron chi connectivity index (χ4n) is 4.47. The van der Waals surface area contributed by atoms with Gasteiger partial charge in [-0.2, -0.15) is 0 Å². The smallest absolute Gasteiger partial charge is 0.226 e. The molecule has 9 heteroatoms. The summed E-state index contributed by atoms with van der Waals surface area (Å²) in [6, 6.07) is 24.2. The third kappa shape index (κ3) is 5.09. The lowest BCUT2D eigenvalue weighted by molar-refractivity contribution is -0.116. The van der Waals surface area contributed by atoms with Crippen molar-refractivity contribution in [2.45, 2.75) is 18.5 Å². The SMILES string of the molecule is O=C(CCN1C(=S)NC(c2ccccn2)C1c1cccn1-c1ccc(Cl)cc1Cl)Nc1ccccc1. The molecule has 1 saturated heterocycles. The number of thiocarbonyl (C=S) groups is 1. The fraction of sp³-hybridized carbons (Fsp3) is 0.148. The Balaban J connectivity index is 1.47. The lowest BCUT2D eigenvalue weighted by atomic mass is 10.0. The number of hydrogen-bond donors (Lipinski definition) is 2. The van der Waals surface area contributed by atoms with Crippen LogP contribution in [0.5, 0.6) is 0 Å². The number of benzene rings is 2. The van der Waals surface area contributed by atoms with Gasteiger partial charge < -0.3 is 20.1 Å². The summed E-state index contributed by atoms with van der Waals surface area (Å²) in [6.07, 6.45) is 3.99. The molecule has 2 atom stereocenters. The number of carbonyl (C=O) groups is 1. The van der Waals surface area contributed by atoms with Gasteiger partial charge >= 0.3 is 0 Å². The highest BCUT2D eigenvalue weighted by Crippen LogP contribution is 2.40. The van der Waals surface area contributed by atoms with Crippen molar-refractivity contribution in [2.24, 2.45) is 0 Å². The number of pyridine rings is 1. The first kappa shape index (κ1) is 24.3. The van der Waals surface area contributed by atoms with Crippen LogP contribution in [0.2, 0.25) is 10.0 Å². The van der Waals surface area contributed by atoms with E-state index in [-0.39, 0.29) is 24.4 Å². The summed E-state index contributed by atoms with van der Waals surface area (Å²) in [5, 5.41) is 8.05. The van der Waals surface area contributed by atoms with Crippen LogP contribution in [0.3, 0.4) is 0 Å². The number of para-hydroxylation sites is 1. The van der Waals surface area contributed by atoms with Crippen LogP contribution in [0.15, 0.2) is 91.3 Å². The predicted molar refractivity (Wildman–Crippen MR) is 148 cm³/mol. The van der Waals surface area contributed by atoms with E-state index >= 15 is 0 Å². The molecule has 2 aromatic heterocycles. The van der Waals surface area contributed by atoms with Gasteiger partial charge in [0.25, 0.3) is 0 Å². The summed E-state index contributed by atoms with van der Waals surface area (Å²) in [5.74, 6) is -0.0832. The summed E-state index contributed by atoms with van der Waals surface area (Å²) in [7, 11) is 0. The van der Waals surface area contributed by atoms with Crippen LogP contribution < -0.4 is 10.6 Å². The Labute approximate surface area is 224 Å². The van der Waals surface area contributed by atoms with Crippen LogP contribution in [-0.2, 0) is 4.79 Å². The van der Waals surface area contributed by atoms with Gasteiger partial charge in [0.2, 0.25) is 5.91 Å². The van der Waals surface area contributed by atoms with Crippen molar-refractivity contribution in [1.82, 2.24) is 19.8 Å².